The second kappa shape index (κ2) is 6.06. The zero-order chi connectivity index (χ0) is 13.8. The Morgan fingerprint density at radius 1 is 1.47 bits per heavy atom. The van der Waals surface area contributed by atoms with Gasteiger partial charge in [0.2, 0.25) is 0 Å². The maximum atomic E-state index is 10.8. The van der Waals surface area contributed by atoms with E-state index < -0.39 is 5.97 Å². The lowest BCUT2D eigenvalue weighted by Gasteiger charge is -2.38. The van der Waals surface area contributed by atoms with Crippen molar-refractivity contribution in [2.24, 2.45) is 0 Å². The summed E-state index contributed by atoms with van der Waals surface area (Å²) < 4.78 is 5.67. The highest BCUT2D eigenvalue weighted by atomic mass is 16.5. The minimum Gasteiger partial charge on any atom is -0.493 e. The van der Waals surface area contributed by atoms with Crippen molar-refractivity contribution in [3.63, 3.8) is 0 Å². The Labute approximate surface area is 114 Å². The Morgan fingerprint density at radius 3 is 2.89 bits per heavy atom. The highest BCUT2D eigenvalue weighted by Crippen LogP contribution is 2.36. The van der Waals surface area contributed by atoms with Gasteiger partial charge in [0.1, 0.15) is 5.75 Å². The van der Waals surface area contributed by atoms with Gasteiger partial charge in [-0.2, -0.15) is 0 Å². The van der Waals surface area contributed by atoms with Crippen LogP contribution >= 0.6 is 0 Å². The Kier molecular flexibility index (Phi) is 4.43. The third-order valence-corrected chi connectivity index (χ3v) is 3.57. The molecule has 2 rings (SSSR count). The van der Waals surface area contributed by atoms with Gasteiger partial charge < -0.3 is 9.84 Å². The van der Waals surface area contributed by atoms with Gasteiger partial charge in [0.25, 0.3) is 0 Å². The summed E-state index contributed by atoms with van der Waals surface area (Å²) in [6.45, 7) is 5.49. The van der Waals surface area contributed by atoms with Crippen LogP contribution < -0.4 is 4.74 Å². The zero-order valence-electron chi connectivity index (χ0n) is 11.5. The second-order valence-electron chi connectivity index (χ2n) is 5.17. The van der Waals surface area contributed by atoms with Crippen molar-refractivity contribution in [1.82, 2.24) is 4.90 Å². The molecule has 1 atom stereocenters. The predicted molar refractivity (Wildman–Crippen MR) is 73.4 cm³/mol. The normalized spacial score (nSPS) is 18.2. The monoisotopic (exact) mass is 263 g/mol. The SMILES string of the molecule is CC(C)N(CCC(=O)O)C1CCOc2ccccc21. The molecule has 4 nitrogen and oxygen atoms in total. The van der Waals surface area contributed by atoms with E-state index in [4.69, 9.17) is 9.84 Å². The summed E-state index contributed by atoms with van der Waals surface area (Å²) in [6.07, 6.45) is 1.09. The molecule has 0 saturated heterocycles. The first kappa shape index (κ1) is 13.9. The number of ether oxygens (including phenoxy) is 1. The fourth-order valence-electron chi connectivity index (χ4n) is 2.67. The van der Waals surface area contributed by atoms with Crippen molar-refractivity contribution < 1.29 is 14.6 Å². The van der Waals surface area contributed by atoms with Gasteiger partial charge in [0, 0.05) is 30.6 Å². The Balaban J connectivity index is 2.20. The van der Waals surface area contributed by atoms with E-state index in [1.165, 1.54) is 5.56 Å². The Hall–Kier alpha value is -1.55. The highest BCUT2D eigenvalue weighted by molar-refractivity contribution is 5.66. The van der Waals surface area contributed by atoms with Crippen LogP contribution in [0.25, 0.3) is 0 Å². The molecule has 4 heteroatoms. The molecule has 1 unspecified atom stereocenters. The largest absolute Gasteiger partial charge is 0.493 e. The standard InChI is InChI=1S/C15H21NO3/c1-11(2)16(9-7-15(17)18)13-8-10-19-14-6-4-3-5-12(13)14/h3-6,11,13H,7-10H2,1-2H3,(H,17,18). The van der Waals surface area contributed by atoms with E-state index in [9.17, 15) is 4.79 Å². The van der Waals surface area contributed by atoms with E-state index in [-0.39, 0.29) is 12.5 Å². The maximum absolute atomic E-state index is 10.8. The quantitative estimate of drug-likeness (QED) is 0.887. The number of rotatable bonds is 5. The average molecular weight is 263 g/mol. The van der Waals surface area contributed by atoms with Crippen molar-refractivity contribution in [3.05, 3.63) is 29.8 Å². The van der Waals surface area contributed by atoms with E-state index in [0.29, 0.717) is 19.2 Å². The number of carboxylic acid groups (broad SMARTS) is 1. The van der Waals surface area contributed by atoms with E-state index in [0.717, 1.165) is 12.2 Å². The van der Waals surface area contributed by atoms with Crippen molar-refractivity contribution in [2.75, 3.05) is 13.2 Å². The summed E-state index contributed by atoms with van der Waals surface area (Å²) in [5.41, 5.74) is 1.17. The van der Waals surface area contributed by atoms with Gasteiger partial charge in [-0.1, -0.05) is 18.2 Å². The second-order valence-corrected chi connectivity index (χ2v) is 5.17. The molecule has 1 aromatic carbocycles. The van der Waals surface area contributed by atoms with Gasteiger partial charge in [-0.15, -0.1) is 0 Å². The first-order valence-corrected chi connectivity index (χ1v) is 6.79. The molecular formula is C15H21NO3. The molecule has 104 valence electrons. The number of carbonyl (C=O) groups is 1. The molecule has 1 heterocycles. The molecular weight excluding hydrogens is 242 g/mol. The Morgan fingerprint density at radius 2 is 2.21 bits per heavy atom. The molecule has 19 heavy (non-hydrogen) atoms. The molecule has 0 saturated carbocycles. The number of para-hydroxylation sites is 1. The molecule has 0 bridgehead atoms. The minimum absolute atomic E-state index is 0.178. The van der Waals surface area contributed by atoms with Gasteiger partial charge in [-0.3, -0.25) is 9.69 Å². The molecule has 0 aliphatic carbocycles. The van der Waals surface area contributed by atoms with E-state index in [1.54, 1.807) is 0 Å². The molecule has 1 aliphatic rings. The lowest BCUT2D eigenvalue weighted by Crippen LogP contribution is -2.38. The zero-order valence-corrected chi connectivity index (χ0v) is 11.5. The van der Waals surface area contributed by atoms with Crippen LogP contribution in [-0.2, 0) is 4.79 Å². The summed E-state index contributed by atoms with van der Waals surface area (Å²) >= 11 is 0. The van der Waals surface area contributed by atoms with Crippen LogP contribution in [0.15, 0.2) is 24.3 Å². The number of carboxylic acids is 1. The van der Waals surface area contributed by atoms with Crippen LogP contribution in [0.4, 0.5) is 0 Å². The summed E-state index contributed by atoms with van der Waals surface area (Å²) in [7, 11) is 0. The van der Waals surface area contributed by atoms with E-state index in [1.807, 2.05) is 18.2 Å². The maximum Gasteiger partial charge on any atom is 0.304 e. The molecule has 0 amide bonds. The lowest BCUT2D eigenvalue weighted by molar-refractivity contribution is -0.137. The van der Waals surface area contributed by atoms with Crippen molar-refractivity contribution in [2.45, 2.75) is 38.8 Å². The third-order valence-electron chi connectivity index (χ3n) is 3.57. The predicted octanol–water partition coefficient (Wildman–Crippen LogP) is 2.70. The summed E-state index contributed by atoms with van der Waals surface area (Å²) in [4.78, 5) is 13.1. The van der Waals surface area contributed by atoms with Crippen molar-refractivity contribution in [1.29, 1.82) is 0 Å². The van der Waals surface area contributed by atoms with Crippen LogP contribution in [0.1, 0.15) is 38.3 Å². The van der Waals surface area contributed by atoms with Gasteiger partial charge in [0.05, 0.1) is 13.0 Å². The van der Waals surface area contributed by atoms with Gasteiger partial charge in [-0.05, 0) is 19.9 Å². The lowest BCUT2D eigenvalue weighted by atomic mass is 9.97. The summed E-state index contributed by atoms with van der Waals surface area (Å²) in [5.74, 6) is 0.186. The number of fused-ring (bicyclic) bond motifs is 1. The molecule has 1 N–H and O–H groups in total. The minimum atomic E-state index is -0.744. The molecule has 0 spiro atoms. The van der Waals surface area contributed by atoms with Gasteiger partial charge >= 0.3 is 5.97 Å². The van der Waals surface area contributed by atoms with Crippen LogP contribution in [0.3, 0.4) is 0 Å². The first-order chi connectivity index (χ1) is 9.09. The number of hydrogen-bond donors (Lipinski definition) is 1. The van der Waals surface area contributed by atoms with Gasteiger partial charge in [0.15, 0.2) is 0 Å². The molecule has 0 aromatic heterocycles. The molecule has 1 aromatic rings. The van der Waals surface area contributed by atoms with Gasteiger partial charge in [-0.25, -0.2) is 0 Å². The smallest absolute Gasteiger partial charge is 0.304 e. The number of nitrogens with zero attached hydrogens (tertiary/aromatic N) is 1. The van der Waals surface area contributed by atoms with Crippen molar-refractivity contribution in [3.8, 4) is 5.75 Å². The molecule has 1 aliphatic heterocycles. The van der Waals surface area contributed by atoms with E-state index >= 15 is 0 Å². The third kappa shape index (κ3) is 3.26. The summed E-state index contributed by atoms with van der Waals surface area (Å²) in [5, 5.41) is 8.89. The van der Waals surface area contributed by atoms with Crippen LogP contribution in [0, 0.1) is 0 Å². The molecule has 0 radical (unpaired) electrons. The van der Waals surface area contributed by atoms with Crippen LogP contribution in [0.5, 0.6) is 5.75 Å². The van der Waals surface area contributed by atoms with Crippen molar-refractivity contribution >= 4 is 5.97 Å². The molecule has 0 fully saturated rings. The fourth-order valence-corrected chi connectivity index (χ4v) is 2.67. The summed E-state index contributed by atoms with van der Waals surface area (Å²) in [6, 6.07) is 8.61. The average Bonchev–Trinajstić information content (AvgIpc) is 2.38. The number of aliphatic carboxylic acids is 1. The Bertz CT molecular complexity index is 445. The fraction of sp³-hybridized carbons (Fsp3) is 0.533. The van der Waals surface area contributed by atoms with Crippen LogP contribution in [0.2, 0.25) is 0 Å². The number of hydrogen-bond acceptors (Lipinski definition) is 3. The highest BCUT2D eigenvalue weighted by Gasteiger charge is 2.28. The topological polar surface area (TPSA) is 49.8 Å². The van der Waals surface area contributed by atoms with E-state index in [2.05, 4.69) is 24.8 Å². The number of benzene rings is 1. The van der Waals surface area contributed by atoms with Crippen LogP contribution in [-0.4, -0.2) is 35.2 Å². The first-order valence-electron chi connectivity index (χ1n) is 6.79.